The smallest absolute Gasteiger partial charge is 0.0729 e. The number of nitrogens with zero attached hydrogens (tertiary/aromatic N) is 2. The lowest BCUT2D eigenvalue weighted by atomic mass is 10.2. The summed E-state index contributed by atoms with van der Waals surface area (Å²) in [6.45, 7) is 7.63. The molecule has 0 bridgehead atoms. The lowest BCUT2D eigenvalue weighted by Crippen LogP contribution is -2.40. The summed E-state index contributed by atoms with van der Waals surface area (Å²) in [5.41, 5.74) is 0. The van der Waals surface area contributed by atoms with Crippen molar-refractivity contribution in [2.24, 2.45) is 0 Å². The van der Waals surface area contributed by atoms with E-state index < -0.39 is 0 Å². The average Bonchev–Trinajstić information content (AvgIpc) is 2.29. The van der Waals surface area contributed by atoms with Gasteiger partial charge >= 0.3 is 0 Å². The molecule has 0 amide bonds. The Kier molecular flexibility index (Phi) is 4.19. The molecule has 0 aromatic heterocycles. The van der Waals surface area contributed by atoms with Crippen molar-refractivity contribution >= 4 is 0 Å². The van der Waals surface area contributed by atoms with Gasteiger partial charge in [-0.3, -0.25) is 4.90 Å². The Morgan fingerprint density at radius 2 is 2.07 bits per heavy atom. The Morgan fingerprint density at radius 3 is 2.79 bits per heavy atom. The third-order valence-corrected chi connectivity index (χ3v) is 2.81. The highest BCUT2D eigenvalue weighted by Gasteiger charge is 2.16. The number of hydrogen-bond acceptors (Lipinski definition) is 3. The average molecular weight is 199 g/mol. The topological polar surface area (TPSA) is 35.8 Å². The molecule has 2 rings (SSSR count). The molecule has 4 heteroatoms. The molecule has 1 radical (unpaired) electrons. The van der Waals surface area contributed by atoms with Crippen LogP contribution in [0.5, 0.6) is 0 Å². The fourth-order valence-electron chi connectivity index (χ4n) is 1.90. The molecule has 81 valence electrons. The zero-order valence-electron chi connectivity index (χ0n) is 8.65. The van der Waals surface area contributed by atoms with Crippen molar-refractivity contribution < 1.29 is 9.47 Å². The summed E-state index contributed by atoms with van der Waals surface area (Å²) < 4.78 is 10.9. The lowest BCUT2D eigenvalue weighted by Gasteiger charge is -2.29. The minimum Gasteiger partial charge on any atom is -0.379 e. The van der Waals surface area contributed by atoms with Gasteiger partial charge in [0.25, 0.3) is 0 Å². The SMILES string of the molecule is C1COC(CCN2CCOCC2)C[N]1. The van der Waals surface area contributed by atoms with E-state index in [1.165, 1.54) is 0 Å². The molecule has 0 aliphatic carbocycles. The van der Waals surface area contributed by atoms with Crippen LogP contribution in [0.4, 0.5) is 0 Å². The van der Waals surface area contributed by atoms with E-state index in [1.54, 1.807) is 0 Å². The van der Waals surface area contributed by atoms with Crippen LogP contribution in [0.1, 0.15) is 6.42 Å². The van der Waals surface area contributed by atoms with Gasteiger partial charge < -0.3 is 9.47 Å². The van der Waals surface area contributed by atoms with Gasteiger partial charge in [-0.1, -0.05) is 0 Å². The van der Waals surface area contributed by atoms with E-state index in [0.29, 0.717) is 6.10 Å². The highest BCUT2D eigenvalue weighted by Crippen LogP contribution is 2.05. The van der Waals surface area contributed by atoms with E-state index in [4.69, 9.17) is 9.47 Å². The molecule has 0 aromatic carbocycles. The molecule has 0 aromatic rings. The van der Waals surface area contributed by atoms with Gasteiger partial charge in [-0.05, 0) is 6.42 Å². The minimum absolute atomic E-state index is 0.367. The van der Waals surface area contributed by atoms with Crippen molar-refractivity contribution in [3.63, 3.8) is 0 Å². The van der Waals surface area contributed by atoms with Crippen LogP contribution in [0, 0.1) is 0 Å². The highest BCUT2D eigenvalue weighted by molar-refractivity contribution is 4.70. The summed E-state index contributed by atoms with van der Waals surface area (Å²) in [5, 5.41) is 4.35. The summed E-state index contributed by atoms with van der Waals surface area (Å²) in [5.74, 6) is 0. The van der Waals surface area contributed by atoms with E-state index >= 15 is 0 Å². The Bertz CT molecular complexity index is 136. The molecular formula is C10H19N2O2. The molecule has 2 heterocycles. The summed E-state index contributed by atoms with van der Waals surface area (Å²) in [7, 11) is 0. The predicted octanol–water partition coefficient (Wildman–Crippen LogP) is -0.288. The van der Waals surface area contributed by atoms with Crippen LogP contribution in [0.3, 0.4) is 0 Å². The molecule has 1 atom stereocenters. The number of rotatable bonds is 3. The van der Waals surface area contributed by atoms with Gasteiger partial charge in [-0.2, -0.15) is 0 Å². The third-order valence-electron chi connectivity index (χ3n) is 2.81. The van der Waals surface area contributed by atoms with Gasteiger partial charge in [-0.25, -0.2) is 5.32 Å². The van der Waals surface area contributed by atoms with Crippen LogP contribution in [0.25, 0.3) is 0 Å². The Hall–Kier alpha value is -0.160. The fraction of sp³-hybridized carbons (Fsp3) is 1.00. The zero-order chi connectivity index (χ0) is 9.64. The number of hydrogen-bond donors (Lipinski definition) is 0. The Morgan fingerprint density at radius 1 is 1.21 bits per heavy atom. The summed E-state index contributed by atoms with van der Waals surface area (Å²) in [4.78, 5) is 2.45. The zero-order valence-corrected chi connectivity index (χ0v) is 8.65. The maximum atomic E-state index is 5.62. The van der Waals surface area contributed by atoms with Crippen molar-refractivity contribution in [2.75, 3.05) is 52.5 Å². The third kappa shape index (κ3) is 3.20. The molecule has 4 nitrogen and oxygen atoms in total. The Balaban J connectivity index is 1.60. The quantitative estimate of drug-likeness (QED) is 0.627. The van der Waals surface area contributed by atoms with E-state index in [-0.39, 0.29) is 0 Å². The van der Waals surface area contributed by atoms with Crippen LogP contribution >= 0.6 is 0 Å². The first kappa shape index (κ1) is 10.4. The molecule has 2 saturated heterocycles. The van der Waals surface area contributed by atoms with Gasteiger partial charge in [0, 0.05) is 32.7 Å². The van der Waals surface area contributed by atoms with E-state index in [0.717, 1.165) is 59.0 Å². The van der Waals surface area contributed by atoms with Crippen molar-refractivity contribution in [3.05, 3.63) is 0 Å². The fourth-order valence-corrected chi connectivity index (χ4v) is 1.90. The number of ether oxygens (including phenoxy) is 2. The molecule has 0 saturated carbocycles. The van der Waals surface area contributed by atoms with Gasteiger partial charge in [0.05, 0.1) is 25.9 Å². The van der Waals surface area contributed by atoms with Crippen LogP contribution in [0.15, 0.2) is 0 Å². The molecular weight excluding hydrogens is 180 g/mol. The Labute approximate surface area is 85.5 Å². The van der Waals surface area contributed by atoms with Crippen molar-refractivity contribution in [2.45, 2.75) is 12.5 Å². The summed E-state index contributed by atoms with van der Waals surface area (Å²) in [6.07, 6.45) is 1.48. The maximum absolute atomic E-state index is 5.62. The second-order valence-corrected chi connectivity index (χ2v) is 3.87. The van der Waals surface area contributed by atoms with E-state index in [1.807, 2.05) is 0 Å². The molecule has 2 fully saturated rings. The predicted molar refractivity (Wildman–Crippen MR) is 53.5 cm³/mol. The molecule has 2 aliphatic rings. The maximum Gasteiger partial charge on any atom is 0.0729 e. The van der Waals surface area contributed by atoms with E-state index in [9.17, 15) is 0 Å². The van der Waals surface area contributed by atoms with Crippen LogP contribution in [0.2, 0.25) is 0 Å². The largest absolute Gasteiger partial charge is 0.379 e. The van der Waals surface area contributed by atoms with E-state index in [2.05, 4.69) is 10.2 Å². The van der Waals surface area contributed by atoms with Crippen LogP contribution in [-0.4, -0.2) is 63.5 Å². The monoisotopic (exact) mass is 199 g/mol. The first-order chi connectivity index (χ1) is 6.95. The first-order valence-corrected chi connectivity index (χ1v) is 5.50. The minimum atomic E-state index is 0.367. The highest BCUT2D eigenvalue weighted by atomic mass is 16.5. The van der Waals surface area contributed by atoms with Crippen molar-refractivity contribution in [1.82, 2.24) is 10.2 Å². The van der Waals surface area contributed by atoms with Gasteiger partial charge in [0.15, 0.2) is 0 Å². The molecule has 2 aliphatic heterocycles. The second-order valence-electron chi connectivity index (χ2n) is 3.87. The first-order valence-electron chi connectivity index (χ1n) is 5.50. The van der Waals surface area contributed by atoms with Crippen LogP contribution < -0.4 is 5.32 Å². The van der Waals surface area contributed by atoms with Gasteiger partial charge in [0.2, 0.25) is 0 Å². The van der Waals surface area contributed by atoms with Crippen molar-refractivity contribution in [1.29, 1.82) is 0 Å². The molecule has 0 spiro atoms. The van der Waals surface area contributed by atoms with Gasteiger partial charge in [0.1, 0.15) is 0 Å². The van der Waals surface area contributed by atoms with Crippen LogP contribution in [-0.2, 0) is 9.47 Å². The molecule has 14 heavy (non-hydrogen) atoms. The second kappa shape index (κ2) is 5.66. The lowest BCUT2D eigenvalue weighted by molar-refractivity contribution is 0.000210. The standard InChI is InChI=1S/C10H19N2O2/c1(10-9-11-2-6-14-10)3-12-4-7-13-8-5-12/h10H,1-9H2. The number of morpholine rings is 2. The van der Waals surface area contributed by atoms with Gasteiger partial charge in [-0.15, -0.1) is 0 Å². The molecule has 1 unspecified atom stereocenters. The normalized spacial score (nSPS) is 30.4. The summed E-state index contributed by atoms with van der Waals surface area (Å²) in [6, 6.07) is 0. The molecule has 0 N–H and O–H groups in total. The summed E-state index contributed by atoms with van der Waals surface area (Å²) >= 11 is 0. The van der Waals surface area contributed by atoms with Crippen molar-refractivity contribution in [3.8, 4) is 0 Å².